The number of benzene rings is 1. The molecule has 0 saturated carbocycles. The lowest BCUT2D eigenvalue weighted by Gasteiger charge is -2.47. The summed E-state index contributed by atoms with van der Waals surface area (Å²) in [6, 6.07) is 11.2. The zero-order chi connectivity index (χ0) is 13.0. The molecule has 18 heavy (non-hydrogen) atoms. The Labute approximate surface area is 115 Å². The summed E-state index contributed by atoms with van der Waals surface area (Å²) >= 11 is 5.67. The molecule has 1 heterocycles. The Morgan fingerprint density at radius 1 is 1.44 bits per heavy atom. The second-order valence-corrected chi connectivity index (χ2v) is 5.44. The number of nitrogens with one attached hydrogen (secondary N) is 1. The van der Waals surface area contributed by atoms with Crippen LogP contribution in [-0.4, -0.2) is 30.6 Å². The second-order valence-electron chi connectivity index (χ2n) is 5.19. The van der Waals surface area contributed by atoms with Gasteiger partial charge in [-0.05, 0) is 19.4 Å². The monoisotopic (exact) mass is 264 g/mol. The summed E-state index contributed by atoms with van der Waals surface area (Å²) in [4.78, 5) is 2.49. The summed E-state index contributed by atoms with van der Waals surface area (Å²) in [7, 11) is 0. The lowest BCUT2D eigenvalue weighted by Crippen LogP contribution is -2.60. The molecule has 1 aliphatic rings. The summed E-state index contributed by atoms with van der Waals surface area (Å²) in [5.74, 6) is 0. The zero-order valence-corrected chi connectivity index (χ0v) is 11.8. The molecule has 0 spiro atoms. The molecule has 1 saturated heterocycles. The molecule has 0 aromatic heterocycles. The van der Waals surface area contributed by atoms with E-state index in [4.69, 9.17) is 11.6 Å². The van der Waals surface area contributed by atoms with Gasteiger partial charge in [0.2, 0.25) is 0 Å². The SMILES string of the molecule is CC1CN(C/C=C/Cl)C(C)(c2ccccc2)CN1. The molecule has 2 nitrogen and oxygen atoms in total. The van der Waals surface area contributed by atoms with Gasteiger partial charge in [0.1, 0.15) is 0 Å². The Morgan fingerprint density at radius 3 is 2.83 bits per heavy atom. The fourth-order valence-electron chi connectivity index (χ4n) is 2.61. The Balaban J connectivity index is 2.26. The molecule has 0 amide bonds. The van der Waals surface area contributed by atoms with Crippen LogP contribution in [0.25, 0.3) is 0 Å². The maximum absolute atomic E-state index is 5.67. The highest BCUT2D eigenvalue weighted by molar-refractivity contribution is 6.25. The molecule has 2 rings (SSSR count). The molecular formula is C15H21ClN2. The van der Waals surface area contributed by atoms with Gasteiger partial charge in [0.05, 0.1) is 5.54 Å². The fourth-order valence-corrected chi connectivity index (χ4v) is 2.69. The Bertz CT molecular complexity index is 404. The number of rotatable bonds is 3. The van der Waals surface area contributed by atoms with E-state index in [2.05, 4.69) is 54.4 Å². The van der Waals surface area contributed by atoms with Gasteiger partial charge in [0.25, 0.3) is 0 Å². The number of hydrogen-bond donors (Lipinski definition) is 1. The number of hydrogen-bond acceptors (Lipinski definition) is 2. The standard InChI is InChI=1S/C15H21ClN2/c1-13-11-18(10-6-9-16)15(2,12-17-13)14-7-4-3-5-8-14/h3-9,13,17H,10-12H2,1-2H3/b9-6+. The smallest absolute Gasteiger partial charge is 0.0561 e. The van der Waals surface area contributed by atoms with E-state index in [1.54, 1.807) is 5.54 Å². The summed E-state index contributed by atoms with van der Waals surface area (Å²) in [6.07, 6.45) is 2.01. The van der Waals surface area contributed by atoms with Crippen molar-refractivity contribution in [2.24, 2.45) is 0 Å². The van der Waals surface area contributed by atoms with Crippen LogP contribution in [0.3, 0.4) is 0 Å². The van der Waals surface area contributed by atoms with Gasteiger partial charge in [-0.15, -0.1) is 0 Å². The van der Waals surface area contributed by atoms with Gasteiger partial charge < -0.3 is 5.32 Å². The van der Waals surface area contributed by atoms with Crippen LogP contribution in [0.4, 0.5) is 0 Å². The minimum absolute atomic E-state index is 0.0319. The summed E-state index contributed by atoms with van der Waals surface area (Å²) < 4.78 is 0. The molecule has 1 aromatic rings. The van der Waals surface area contributed by atoms with Crippen LogP contribution in [0.5, 0.6) is 0 Å². The van der Waals surface area contributed by atoms with Gasteiger partial charge in [0.15, 0.2) is 0 Å². The average Bonchev–Trinajstić information content (AvgIpc) is 2.41. The van der Waals surface area contributed by atoms with Crippen LogP contribution < -0.4 is 5.32 Å². The highest BCUT2D eigenvalue weighted by atomic mass is 35.5. The maximum atomic E-state index is 5.67. The highest BCUT2D eigenvalue weighted by Gasteiger charge is 2.37. The first-order chi connectivity index (χ1) is 8.66. The molecule has 1 aromatic carbocycles. The molecule has 1 aliphatic heterocycles. The number of piperazine rings is 1. The minimum Gasteiger partial charge on any atom is -0.311 e. The third kappa shape index (κ3) is 2.77. The predicted octanol–water partition coefficient (Wildman–Crippen LogP) is 2.95. The van der Waals surface area contributed by atoms with E-state index in [-0.39, 0.29) is 5.54 Å². The van der Waals surface area contributed by atoms with E-state index < -0.39 is 0 Å². The molecule has 98 valence electrons. The van der Waals surface area contributed by atoms with E-state index in [0.29, 0.717) is 6.04 Å². The van der Waals surface area contributed by atoms with Crippen LogP contribution in [0, 0.1) is 0 Å². The van der Waals surface area contributed by atoms with E-state index in [0.717, 1.165) is 19.6 Å². The minimum atomic E-state index is 0.0319. The van der Waals surface area contributed by atoms with Crippen molar-refractivity contribution in [3.63, 3.8) is 0 Å². The molecule has 0 aliphatic carbocycles. The Hall–Kier alpha value is -0.830. The predicted molar refractivity (Wildman–Crippen MR) is 77.8 cm³/mol. The van der Waals surface area contributed by atoms with Crippen molar-refractivity contribution in [1.82, 2.24) is 10.2 Å². The molecule has 1 fully saturated rings. The van der Waals surface area contributed by atoms with E-state index in [9.17, 15) is 0 Å². The van der Waals surface area contributed by atoms with E-state index in [1.165, 1.54) is 5.56 Å². The van der Waals surface area contributed by atoms with Gasteiger partial charge in [-0.2, -0.15) is 0 Å². The third-order valence-electron chi connectivity index (χ3n) is 3.80. The normalized spacial score (nSPS) is 29.8. The van der Waals surface area contributed by atoms with Crippen molar-refractivity contribution in [3.05, 3.63) is 47.5 Å². The molecule has 0 bridgehead atoms. The van der Waals surface area contributed by atoms with Crippen molar-refractivity contribution in [2.45, 2.75) is 25.4 Å². The van der Waals surface area contributed by atoms with Crippen molar-refractivity contribution in [1.29, 1.82) is 0 Å². The third-order valence-corrected chi connectivity index (χ3v) is 3.98. The van der Waals surface area contributed by atoms with Crippen molar-refractivity contribution >= 4 is 11.6 Å². The van der Waals surface area contributed by atoms with Crippen LogP contribution in [0.15, 0.2) is 41.9 Å². The summed E-state index contributed by atoms with van der Waals surface area (Å²) in [6.45, 7) is 7.41. The highest BCUT2D eigenvalue weighted by Crippen LogP contribution is 2.30. The van der Waals surface area contributed by atoms with Crippen LogP contribution in [0.1, 0.15) is 19.4 Å². The first kappa shape index (κ1) is 13.6. The number of halogens is 1. The average molecular weight is 265 g/mol. The lowest BCUT2D eigenvalue weighted by atomic mass is 9.87. The topological polar surface area (TPSA) is 15.3 Å². The molecular weight excluding hydrogens is 244 g/mol. The molecule has 3 heteroatoms. The van der Waals surface area contributed by atoms with Crippen LogP contribution in [0.2, 0.25) is 0 Å². The van der Waals surface area contributed by atoms with Crippen LogP contribution >= 0.6 is 11.6 Å². The first-order valence-electron chi connectivity index (χ1n) is 6.46. The van der Waals surface area contributed by atoms with Gasteiger partial charge in [-0.25, -0.2) is 0 Å². The molecule has 2 unspecified atom stereocenters. The summed E-state index contributed by atoms with van der Waals surface area (Å²) in [5, 5.41) is 3.58. The first-order valence-corrected chi connectivity index (χ1v) is 6.89. The lowest BCUT2D eigenvalue weighted by molar-refractivity contribution is 0.0658. The molecule has 2 atom stereocenters. The number of nitrogens with zero attached hydrogens (tertiary/aromatic N) is 1. The Kier molecular flexibility index (Phi) is 4.44. The van der Waals surface area contributed by atoms with E-state index >= 15 is 0 Å². The maximum Gasteiger partial charge on any atom is 0.0561 e. The van der Waals surface area contributed by atoms with Crippen molar-refractivity contribution in [2.75, 3.05) is 19.6 Å². The van der Waals surface area contributed by atoms with Gasteiger partial charge in [-0.3, -0.25) is 4.90 Å². The fraction of sp³-hybridized carbons (Fsp3) is 0.467. The second kappa shape index (κ2) is 5.87. The van der Waals surface area contributed by atoms with Gasteiger partial charge in [-0.1, -0.05) is 48.0 Å². The van der Waals surface area contributed by atoms with Crippen LogP contribution in [-0.2, 0) is 5.54 Å². The Morgan fingerprint density at radius 2 is 2.17 bits per heavy atom. The largest absolute Gasteiger partial charge is 0.311 e. The molecule has 1 N–H and O–H groups in total. The van der Waals surface area contributed by atoms with E-state index in [1.807, 2.05) is 6.08 Å². The van der Waals surface area contributed by atoms with Gasteiger partial charge in [0, 0.05) is 31.2 Å². The molecule has 0 radical (unpaired) electrons. The quantitative estimate of drug-likeness (QED) is 0.903. The van der Waals surface area contributed by atoms with Gasteiger partial charge >= 0.3 is 0 Å². The van der Waals surface area contributed by atoms with Crippen molar-refractivity contribution < 1.29 is 0 Å². The van der Waals surface area contributed by atoms with Crippen molar-refractivity contribution in [3.8, 4) is 0 Å². The summed E-state index contributed by atoms with van der Waals surface area (Å²) in [5.41, 5.74) is 3.00. The zero-order valence-electron chi connectivity index (χ0n) is 11.1.